The molecule has 2 amide bonds. The van der Waals surface area contributed by atoms with Gasteiger partial charge in [0.15, 0.2) is 0 Å². The molecular formula is C22H32N2O3. The maximum Gasteiger partial charge on any atom is 0.248 e. The lowest BCUT2D eigenvalue weighted by Crippen LogP contribution is -2.61. The summed E-state index contributed by atoms with van der Waals surface area (Å²) in [4.78, 5) is 26.8. The highest BCUT2D eigenvalue weighted by Gasteiger charge is 2.43. The minimum Gasteiger partial charge on any atom is -0.378 e. The SMILES string of the molecule is CC(=O)NC1(C(=O)N2CCC(OCCc3ccccc3)CC2)CCCCC1. The Morgan fingerprint density at radius 3 is 2.41 bits per heavy atom. The number of benzene rings is 1. The highest BCUT2D eigenvalue weighted by atomic mass is 16.5. The number of rotatable bonds is 6. The Labute approximate surface area is 162 Å². The maximum atomic E-state index is 13.2. The summed E-state index contributed by atoms with van der Waals surface area (Å²) in [6.07, 6.45) is 7.57. The van der Waals surface area contributed by atoms with Crippen molar-refractivity contribution in [2.75, 3.05) is 19.7 Å². The minimum atomic E-state index is -0.676. The zero-order valence-corrected chi connectivity index (χ0v) is 16.4. The summed E-state index contributed by atoms with van der Waals surface area (Å²) >= 11 is 0. The molecule has 0 bridgehead atoms. The summed E-state index contributed by atoms with van der Waals surface area (Å²) in [7, 11) is 0. The molecule has 0 aromatic heterocycles. The predicted molar refractivity (Wildman–Crippen MR) is 105 cm³/mol. The fourth-order valence-electron chi connectivity index (χ4n) is 4.40. The second-order valence-electron chi connectivity index (χ2n) is 7.92. The van der Waals surface area contributed by atoms with Crippen LogP contribution in [-0.2, 0) is 20.7 Å². The lowest BCUT2D eigenvalue weighted by atomic mass is 9.80. The van der Waals surface area contributed by atoms with Gasteiger partial charge in [0.25, 0.3) is 0 Å². The number of amides is 2. The molecule has 0 radical (unpaired) electrons. The summed E-state index contributed by atoms with van der Waals surface area (Å²) in [5, 5.41) is 2.99. The number of likely N-dealkylation sites (tertiary alicyclic amines) is 1. The number of ether oxygens (including phenoxy) is 1. The lowest BCUT2D eigenvalue weighted by molar-refractivity contribution is -0.145. The van der Waals surface area contributed by atoms with E-state index in [2.05, 4.69) is 29.6 Å². The Morgan fingerprint density at radius 1 is 1.11 bits per heavy atom. The molecule has 0 unspecified atom stereocenters. The van der Waals surface area contributed by atoms with Gasteiger partial charge in [-0.25, -0.2) is 0 Å². The van der Waals surface area contributed by atoms with Gasteiger partial charge in [-0.05, 0) is 37.7 Å². The third-order valence-electron chi connectivity index (χ3n) is 5.85. The van der Waals surface area contributed by atoms with Crippen molar-refractivity contribution in [3.8, 4) is 0 Å². The fourth-order valence-corrected chi connectivity index (χ4v) is 4.40. The van der Waals surface area contributed by atoms with E-state index in [4.69, 9.17) is 4.74 Å². The molecule has 1 saturated heterocycles. The van der Waals surface area contributed by atoms with Crippen molar-refractivity contribution in [1.29, 1.82) is 0 Å². The van der Waals surface area contributed by atoms with Gasteiger partial charge in [-0.3, -0.25) is 9.59 Å². The molecule has 0 spiro atoms. The van der Waals surface area contributed by atoms with Crippen molar-refractivity contribution in [3.63, 3.8) is 0 Å². The number of hydrogen-bond donors (Lipinski definition) is 1. The number of carbonyl (C=O) groups is 2. The molecule has 0 atom stereocenters. The standard InChI is InChI=1S/C22H32N2O3/c1-18(25)23-22(13-6-3-7-14-22)21(26)24-15-10-20(11-16-24)27-17-12-19-8-4-2-5-9-19/h2,4-5,8-9,20H,3,6-7,10-17H2,1H3,(H,23,25). The Bertz CT molecular complexity index is 618. The first kappa shape index (κ1) is 19.9. The second kappa shape index (κ2) is 9.36. The van der Waals surface area contributed by atoms with Crippen molar-refractivity contribution in [3.05, 3.63) is 35.9 Å². The van der Waals surface area contributed by atoms with Gasteiger partial charge < -0.3 is 15.0 Å². The molecule has 1 aromatic rings. The van der Waals surface area contributed by atoms with E-state index in [9.17, 15) is 9.59 Å². The molecule has 27 heavy (non-hydrogen) atoms. The van der Waals surface area contributed by atoms with Gasteiger partial charge in [0, 0.05) is 20.0 Å². The van der Waals surface area contributed by atoms with Crippen LogP contribution in [0.2, 0.25) is 0 Å². The van der Waals surface area contributed by atoms with Gasteiger partial charge >= 0.3 is 0 Å². The van der Waals surface area contributed by atoms with Crippen LogP contribution in [0.3, 0.4) is 0 Å². The van der Waals surface area contributed by atoms with Gasteiger partial charge in [0.1, 0.15) is 5.54 Å². The van der Waals surface area contributed by atoms with Crippen LogP contribution in [0.4, 0.5) is 0 Å². The van der Waals surface area contributed by atoms with Gasteiger partial charge in [-0.15, -0.1) is 0 Å². The van der Waals surface area contributed by atoms with Crippen LogP contribution in [0.25, 0.3) is 0 Å². The number of hydrogen-bond acceptors (Lipinski definition) is 3. The molecule has 5 heteroatoms. The van der Waals surface area contributed by atoms with Gasteiger partial charge in [-0.1, -0.05) is 49.6 Å². The highest BCUT2D eigenvalue weighted by Crippen LogP contribution is 2.31. The topological polar surface area (TPSA) is 58.6 Å². The summed E-state index contributed by atoms with van der Waals surface area (Å²) in [5.74, 6) is 0.00418. The van der Waals surface area contributed by atoms with Crippen LogP contribution in [0.5, 0.6) is 0 Å². The Kier molecular flexibility index (Phi) is 6.89. The number of nitrogens with one attached hydrogen (secondary N) is 1. The van der Waals surface area contributed by atoms with Crippen LogP contribution in [-0.4, -0.2) is 48.1 Å². The molecule has 1 aromatic carbocycles. The van der Waals surface area contributed by atoms with E-state index in [1.165, 1.54) is 12.5 Å². The molecule has 3 rings (SSSR count). The summed E-state index contributed by atoms with van der Waals surface area (Å²) in [5.41, 5.74) is 0.616. The minimum absolute atomic E-state index is 0.107. The average molecular weight is 373 g/mol. The van der Waals surface area contributed by atoms with Crippen molar-refractivity contribution in [1.82, 2.24) is 10.2 Å². The first-order valence-corrected chi connectivity index (χ1v) is 10.3. The van der Waals surface area contributed by atoms with E-state index in [0.29, 0.717) is 0 Å². The van der Waals surface area contributed by atoms with Crippen LogP contribution >= 0.6 is 0 Å². The normalized spacial score (nSPS) is 20.3. The largest absolute Gasteiger partial charge is 0.378 e. The van der Waals surface area contributed by atoms with E-state index in [-0.39, 0.29) is 17.9 Å². The molecule has 1 heterocycles. The van der Waals surface area contributed by atoms with E-state index in [1.807, 2.05) is 11.0 Å². The lowest BCUT2D eigenvalue weighted by Gasteiger charge is -2.42. The fraction of sp³-hybridized carbons (Fsp3) is 0.636. The third kappa shape index (κ3) is 5.32. The van der Waals surface area contributed by atoms with E-state index in [0.717, 1.165) is 71.1 Å². The van der Waals surface area contributed by atoms with Crippen LogP contribution < -0.4 is 5.32 Å². The third-order valence-corrected chi connectivity index (χ3v) is 5.85. The zero-order chi connectivity index (χ0) is 19.1. The van der Waals surface area contributed by atoms with E-state index in [1.54, 1.807) is 0 Å². The van der Waals surface area contributed by atoms with Crippen molar-refractivity contribution in [2.24, 2.45) is 0 Å². The molecule has 1 saturated carbocycles. The van der Waals surface area contributed by atoms with Crippen molar-refractivity contribution >= 4 is 11.8 Å². The molecule has 2 fully saturated rings. The first-order chi connectivity index (χ1) is 13.1. The zero-order valence-electron chi connectivity index (χ0n) is 16.4. The van der Waals surface area contributed by atoms with Gasteiger partial charge in [0.2, 0.25) is 11.8 Å². The molecule has 1 aliphatic carbocycles. The molecule has 2 aliphatic rings. The monoisotopic (exact) mass is 372 g/mol. The highest BCUT2D eigenvalue weighted by molar-refractivity contribution is 5.91. The summed E-state index contributed by atoms with van der Waals surface area (Å²) < 4.78 is 6.04. The quantitative estimate of drug-likeness (QED) is 0.835. The van der Waals surface area contributed by atoms with Crippen molar-refractivity contribution in [2.45, 2.75) is 69.9 Å². The predicted octanol–water partition coefficient (Wildman–Crippen LogP) is 3.08. The Hall–Kier alpha value is -1.88. The Morgan fingerprint density at radius 2 is 1.78 bits per heavy atom. The number of piperidine rings is 1. The van der Waals surface area contributed by atoms with Crippen LogP contribution in [0.1, 0.15) is 57.4 Å². The van der Waals surface area contributed by atoms with Crippen molar-refractivity contribution < 1.29 is 14.3 Å². The molecular weight excluding hydrogens is 340 g/mol. The molecule has 5 nitrogen and oxygen atoms in total. The molecule has 148 valence electrons. The molecule has 1 aliphatic heterocycles. The summed E-state index contributed by atoms with van der Waals surface area (Å²) in [6, 6.07) is 10.4. The van der Waals surface area contributed by atoms with E-state index >= 15 is 0 Å². The van der Waals surface area contributed by atoms with Gasteiger partial charge in [-0.2, -0.15) is 0 Å². The molecule has 1 N–H and O–H groups in total. The van der Waals surface area contributed by atoms with E-state index < -0.39 is 5.54 Å². The Balaban J connectivity index is 1.47. The second-order valence-corrected chi connectivity index (χ2v) is 7.92. The smallest absolute Gasteiger partial charge is 0.248 e. The average Bonchev–Trinajstić information content (AvgIpc) is 2.69. The maximum absolute atomic E-state index is 13.2. The van der Waals surface area contributed by atoms with Crippen LogP contribution in [0, 0.1) is 0 Å². The van der Waals surface area contributed by atoms with Crippen LogP contribution in [0.15, 0.2) is 30.3 Å². The number of nitrogens with zero attached hydrogens (tertiary/aromatic N) is 1. The van der Waals surface area contributed by atoms with Gasteiger partial charge in [0.05, 0.1) is 12.7 Å². The number of carbonyl (C=O) groups excluding carboxylic acids is 2. The first-order valence-electron chi connectivity index (χ1n) is 10.3. The summed E-state index contributed by atoms with van der Waals surface area (Å²) in [6.45, 7) is 3.67.